The zero-order valence-electron chi connectivity index (χ0n) is 11.7. The van der Waals surface area contributed by atoms with E-state index in [0.29, 0.717) is 12.1 Å². The molecule has 2 aromatic rings. The molecule has 0 radical (unpaired) electrons. The van der Waals surface area contributed by atoms with Crippen molar-refractivity contribution in [3.05, 3.63) is 59.2 Å². The zero-order chi connectivity index (χ0) is 15.2. The van der Waals surface area contributed by atoms with Gasteiger partial charge in [-0.3, -0.25) is 9.97 Å². The molecule has 2 rings (SSSR count). The van der Waals surface area contributed by atoms with E-state index in [0.717, 1.165) is 18.0 Å². The molecule has 5 heteroatoms. The van der Waals surface area contributed by atoms with Crippen molar-refractivity contribution in [1.82, 2.24) is 9.97 Å². The first-order valence-corrected chi connectivity index (χ1v) is 6.24. The molecule has 0 amide bonds. The molecule has 2 nitrogen and oxygen atoms in total. The summed E-state index contributed by atoms with van der Waals surface area (Å²) in [6, 6.07) is 6.51. The zero-order valence-corrected chi connectivity index (χ0v) is 11.7. The van der Waals surface area contributed by atoms with Crippen molar-refractivity contribution in [3.63, 3.8) is 0 Å². The van der Waals surface area contributed by atoms with E-state index < -0.39 is 11.7 Å². The lowest BCUT2D eigenvalue weighted by Gasteiger charge is -2.05. The predicted molar refractivity (Wildman–Crippen MR) is 72.3 cm³/mol. The number of hydrogen-bond donors (Lipinski definition) is 0. The molecule has 0 unspecified atom stereocenters. The van der Waals surface area contributed by atoms with Crippen LogP contribution in [-0.2, 0) is 12.6 Å². The quantitative estimate of drug-likeness (QED) is 0.776. The number of alkyl halides is 3. The van der Waals surface area contributed by atoms with Gasteiger partial charge in [-0.2, -0.15) is 13.2 Å². The van der Waals surface area contributed by atoms with Crippen LogP contribution in [0.3, 0.4) is 0 Å². The Labute approximate surface area is 116 Å². The summed E-state index contributed by atoms with van der Waals surface area (Å²) < 4.78 is 36.0. The lowest BCUT2D eigenvalue weighted by Crippen LogP contribution is -2.05. The Morgan fingerprint density at radius 3 is 2.00 bits per heavy atom. The Bertz CT molecular complexity index is 495. The molecule has 0 fully saturated rings. The highest BCUT2D eigenvalue weighted by Crippen LogP contribution is 2.28. The predicted octanol–water partition coefficient (Wildman–Crippen LogP) is 4.36. The smallest absolute Gasteiger partial charge is 0.261 e. The average Bonchev–Trinajstić information content (AvgIpc) is 2.42. The van der Waals surface area contributed by atoms with E-state index in [1.165, 1.54) is 11.6 Å². The largest absolute Gasteiger partial charge is 0.417 e. The highest BCUT2D eigenvalue weighted by Gasteiger charge is 2.30. The van der Waals surface area contributed by atoms with Crippen molar-refractivity contribution >= 4 is 0 Å². The molecule has 0 aliphatic carbocycles. The first kappa shape index (κ1) is 16.1. The molecule has 20 heavy (non-hydrogen) atoms. The van der Waals surface area contributed by atoms with E-state index in [4.69, 9.17) is 0 Å². The van der Waals surface area contributed by atoms with Crippen molar-refractivity contribution < 1.29 is 13.2 Å². The Morgan fingerprint density at radius 2 is 1.65 bits per heavy atom. The van der Waals surface area contributed by atoms with Crippen LogP contribution >= 0.6 is 0 Å². The van der Waals surface area contributed by atoms with Crippen LogP contribution in [0.2, 0.25) is 0 Å². The molecular formula is C15H17F3N2. The van der Waals surface area contributed by atoms with E-state index in [1.807, 2.05) is 33.0 Å². The van der Waals surface area contributed by atoms with Gasteiger partial charge in [-0.1, -0.05) is 13.0 Å². The van der Waals surface area contributed by atoms with Crippen LogP contribution in [0, 0.1) is 13.8 Å². The fourth-order valence-corrected chi connectivity index (χ4v) is 1.34. The molecule has 2 heterocycles. The fraction of sp³-hybridized carbons (Fsp3) is 0.333. The van der Waals surface area contributed by atoms with Crippen molar-refractivity contribution in [3.8, 4) is 0 Å². The van der Waals surface area contributed by atoms with Crippen LogP contribution in [0.15, 0.2) is 36.7 Å². The molecule has 0 aliphatic heterocycles. The van der Waals surface area contributed by atoms with Gasteiger partial charge in [0.2, 0.25) is 0 Å². The van der Waals surface area contributed by atoms with E-state index in [1.54, 1.807) is 0 Å². The number of halogens is 3. The van der Waals surface area contributed by atoms with Crippen molar-refractivity contribution in [1.29, 1.82) is 0 Å². The lowest BCUT2D eigenvalue weighted by atomic mass is 10.2. The summed E-state index contributed by atoms with van der Waals surface area (Å²) in [5.74, 6) is 0. The molecule has 0 atom stereocenters. The average molecular weight is 282 g/mol. The van der Waals surface area contributed by atoms with Crippen LogP contribution in [0.25, 0.3) is 0 Å². The minimum absolute atomic E-state index is 0.651. The normalized spacial score (nSPS) is 10.7. The first-order chi connectivity index (χ1) is 9.32. The summed E-state index contributed by atoms with van der Waals surface area (Å²) in [6.45, 7) is 5.86. The van der Waals surface area contributed by atoms with Crippen LogP contribution in [0.4, 0.5) is 13.2 Å². The van der Waals surface area contributed by atoms with E-state index >= 15 is 0 Å². The van der Waals surface area contributed by atoms with Crippen molar-refractivity contribution in [2.24, 2.45) is 0 Å². The van der Waals surface area contributed by atoms with E-state index in [2.05, 4.69) is 16.0 Å². The fourth-order valence-electron chi connectivity index (χ4n) is 1.34. The molecule has 0 saturated heterocycles. The minimum Gasteiger partial charge on any atom is -0.261 e. The van der Waals surface area contributed by atoms with Crippen LogP contribution in [0.1, 0.15) is 29.4 Å². The summed E-state index contributed by atoms with van der Waals surface area (Å²) in [5, 5.41) is 0. The second-order valence-corrected chi connectivity index (χ2v) is 4.37. The molecule has 0 N–H and O–H groups in total. The molecule has 0 bridgehead atoms. The molecule has 0 spiro atoms. The van der Waals surface area contributed by atoms with Gasteiger partial charge in [0, 0.05) is 23.8 Å². The van der Waals surface area contributed by atoms with Gasteiger partial charge in [-0.25, -0.2) is 0 Å². The monoisotopic (exact) mass is 282 g/mol. The van der Waals surface area contributed by atoms with Crippen LogP contribution in [0.5, 0.6) is 0 Å². The van der Waals surface area contributed by atoms with Gasteiger partial charge in [0.25, 0.3) is 0 Å². The Balaban J connectivity index is 0.000000217. The molecule has 108 valence electrons. The molecule has 2 aromatic heterocycles. The standard InChI is InChI=1S/C8H8F3N.C7H9N/c1-2-7-4-3-6(5-12-7)8(9,10)11;1-6-3-4-7(2)8-5-6/h3-5H,2H2,1H3;3-5H,1-2H3. The van der Waals surface area contributed by atoms with Gasteiger partial charge in [-0.15, -0.1) is 0 Å². The summed E-state index contributed by atoms with van der Waals surface area (Å²) in [7, 11) is 0. The Kier molecular flexibility index (Phi) is 5.67. The number of aromatic nitrogens is 2. The van der Waals surface area contributed by atoms with Crippen molar-refractivity contribution in [2.75, 3.05) is 0 Å². The highest BCUT2D eigenvalue weighted by atomic mass is 19.4. The first-order valence-electron chi connectivity index (χ1n) is 6.24. The maximum Gasteiger partial charge on any atom is 0.417 e. The molecule has 0 aromatic carbocycles. The van der Waals surface area contributed by atoms with Gasteiger partial charge < -0.3 is 0 Å². The van der Waals surface area contributed by atoms with Gasteiger partial charge in [0.05, 0.1) is 5.56 Å². The van der Waals surface area contributed by atoms with E-state index in [-0.39, 0.29) is 0 Å². The number of rotatable bonds is 1. The van der Waals surface area contributed by atoms with Gasteiger partial charge in [-0.05, 0) is 44.0 Å². The third-order valence-electron chi connectivity index (χ3n) is 2.57. The van der Waals surface area contributed by atoms with Gasteiger partial charge in [0.15, 0.2) is 0 Å². The molecule has 0 aliphatic rings. The number of nitrogens with zero attached hydrogens (tertiary/aromatic N) is 2. The van der Waals surface area contributed by atoms with Crippen molar-refractivity contribution in [2.45, 2.75) is 33.4 Å². The molecular weight excluding hydrogens is 265 g/mol. The lowest BCUT2D eigenvalue weighted by molar-refractivity contribution is -0.137. The summed E-state index contributed by atoms with van der Waals surface area (Å²) in [5.41, 5.74) is 2.27. The minimum atomic E-state index is -4.28. The second-order valence-electron chi connectivity index (χ2n) is 4.37. The van der Waals surface area contributed by atoms with Crippen LogP contribution in [-0.4, -0.2) is 9.97 Å². The topological polar surface area (TPSA) is 25.8 Å². The number of pyridine rings is 2. The van der Waals surface area contributed by atoms with Gasteiger partial charge >= 0.3 is 6.18 Å². The third kappa shape index (κ3) is 5.38. The van der Waals surface area contributed by atoms with Gasteiger partial charge in [0.1, 0.15) is 0 Å². The SMILES string of the molecule is CCc1ccc(C(F)(F)F)cn1.Cc1ccc(C)nc1. The second kappa shape index (κ2) is 7.03. The summed E-state index contributed by atoms with van der Waals surface area (Å²) in [6.07, 6.45) is -0.897. The summed E-state index contributed by atoms with van der Waals surface area (Å²) in [4.78, 5) is 7.72. The molecule has 0 saturated carbocycles. The number of aryl methyl sites for hydroxylation is 3. The van der Waals surface area contributed by atoms with E-state index in [9.17, 15) is 13.2 Å². The van der Waals surface area contributed by atoms with Crippen LogP contribution < -0.4 is 0 Å². The summed E-state index contributed by atoms with van der Waals surface area (Å²) >= 11 is 0. The Hall–Kier alpha value is -1.91. The number of hydrogen-bond acceptors (Lipinski definition) is 2. The highest BCUT2D eigenvalue weighted by molar-refractivity contribution is 5.16. The maximum absolute atomic E-state index is 12.0. The Morgan fingerprint density at radius 1 is 0.950 bits per heavy atom. The maximum atomic E-state index is 12.0. The third-order valence-corrected chi connectivity index (χ3v) is 2.57.